The number of imidazole rings is 1. The summed E-state index contributed by atoms with van der Waals surface area (Å²) in [6.45, 7) is 1.11. The molecule has 8 nitrogen and oxygen atoms in total. The Kier molecular flexibility index (Phi) is 5.88. The van der Waals surface area contributed by atoms with E-state index in [2.05, 4.69) is 4.98 Å². The van der Waals surface area contributed by atoms with Gasteiger partial charge in [0.25, 0.3) is 0 Å². The number of halogens is 2. The van der Waals surface area contributed by atoms with E-state index in [-0.39, 0.29) is 5.91 Å². The molecule has 33 heavy (non-hydrogen) atoms. The Morgan fingerprint density at radius 2 is 1.88 bits per heavy atom. The number of aliphatic carboxylic acids is 1. The number of amides is 1. The topological polar surface area (TPSA) is 91.6 Å². The van der Waals surface area contributed by atoms with Crippen LogP contribution in [0.15, 0.2) is 36.9 Å². The number of anilines is 1. The number of benzene rings is 1. The number of nitrogens with zero attached hydrogens (tertiary/aromatic N) is 5. The minimum absolute atomic E-state index is 0.150. The first-order valence-corrected chi connectivity index (χ1v) is 11.8. The monoisotopic (exact) mass is 487 g/mol. The first-order chi connectivity index (χ1) is 16.0. The van der Waals surface area contributed by atoms with Crippen molar-refractivity contribution >= 4 is 51.8 Å². The van der Waals surface area contributed by atoms with E-state index >= 15 is 0 Å². The molecular weight excluding hydrogens is 465 g/mol. The van der Waals surface area contributed by atoms with Gasteiger partial charge >= 0.3 is 5.97 Å². The molecule has 172 valence electrons. The maximum atomic E-state index is 13.5. The van der Waals surface area contributed by atoms with Crippen LogP contribution in [0.2, 0.25) is 10.0 Å². The minimum Gasteiger partial charge on any atom is -0.480 e. The van der Waals surface area contributed by atoms with E-state index in [9.17, 15) is 14.7 Å². The van der Waals surface area contributed by atoms with Crippen molar-refractivity contribution in [3.63, 3.8) is 0 Å². The number of likely N-dealkylation sites (tertiary alicyclic amines) is 1. The van der Waals surface area contributed by atoms with Crippen molar-refractivity contribution in [3.8, 4) is 5.69 Å². The number of aromatic nitrogens is 3. The third-order valence-electron chi connectivity index (χ3n) is 6.52. The predicted molar refractivity (Wildman–Crippen MR) is 126 cm³/mol. The smallest absolute Gasteiger partial charge is 0.326 e. The Hall–Kier alpha value is -2.84. The average Bonchev–Trinajstić information content (AvgIpc) is 3.53. The van der Waals surface area contributed by atoms with E-state index in [1.807, 2.05) is 27.8 Å². The lowest BCUT2D eigenvalue weighted by Gasteiger charge is -2.37. The summed E-state index contributed by atoms with van der Waals surface area (Å²) in [5.41, 5.74) is 1.37. The largest absolute Gasteiger partial charge is 0.480 e. The fourth-order valence-electron chi connectivity index (χ4n) is 4.91. The first-order valence-electron chi connectivity index (χ1n) is 11.0. The molecule has 3 aromatic rings. The maximum Gasteiger partial charge on any atom is 0.326 e. The van der Waals surface area contributed by atoms with Crippen LogP contribution in [0.3, 0.4) is 0 Å². The van der Waals surface area contributed by atoms with E-state index in [1.165, 1.54) is 4.90 Å². The summed E-state index contributed by atoms with van der Waals surface area (Å²) in [5.74, 6) is -0.488. The highest BCUT2D eigenvalue weighted by molar-refractivity contribution is 6.45. The Balaban J connectivity index is 1.57. The summed E-state index contributed by atoms with van der Waals surface area (Å²) in [5, 5.41) is 11.2. The van der Waals surface area contributed by atoms with Crippen LogP contribution in [0.4, 0.5) is 5.82 Å². The molecule has 1 aromatic carbocycles. The number of carbonyl (C=O) groups is 2. The van der Waals surface area contributed by atoms with Crippen molar-refractivity contribution in [2.75, 3.05) is 18.0 Å². The van der Waals surface area contributed by atoms with Crippen LogP contribution >= 0.6 is 23.2 Å². The highest BCUT2D eigenvalue weighted by atomic mass is 35.5. The van der Waals surface area contributed by atoms with Gasteiger partial charge in [-0.05, 0) is 44.2 Å². The lowest BCUT2D eigenvalue weighted by atomic mass is 10.0. The van der Waals surface area contributed by atoms with Crippen molar-refractivity contribution in [1.82, 2.24) is 19.4 Å². The fourth-order valence-corrected chi connectivity index (χ4v) is 5.27. The van der Waals surface area contributed by atoms with Gasteiger partial charge < -0.3 is 19.5 Å². The van der Waals surface area contributed by atoms with Gasteiger partial charge in [0, 0.05) is 36.9 Å². The van der Waals surface area contributed by atoms with Crippen molar-refractivity contribution in [2.24, 2.45) is 0 Å². The highest BCUT2D eigenvalue weighted by Gasteiger charge is 2.40. The minimum atomic E-state index is -0.944. The Labute approximate surface area is 200 Å². The van der Waals surface area contributed by atoms with Crippen molar-refractivity contribution in [3.05, 3.63) is 47.0 Å². The van der Waals surface area contributed by atoms with Gasteiger partial charge in [0.15, 0.2) is 0 Å². The summed E-state index contributed by atoms with van der Waals surface area (Å²) in [4.78, 5) is 37.8. The molecule has 2 aliphatic heterocycles. The number of fused-ring (bicyclic) bond motifs is 1. The molecule has 2 atom stereocenters. The van der Waals surface area contributed by atoms with E-state index in [1.54, 1.807) is 18.6 Å². The molecule has 0 radical (unpaired) electrons. The molecule has 2 fully saturated rings. The van der Waals surface area contributed by atoms with Gasteiger partial charge in [-0.3, -0.25) is 4.79 Å². The van der Waals surface area contributed by atoms with Crippen LogP contribution in [0.1, 0.15) is 32.1 Å². The molecule has 0 spiro atoms. The zero-order valence-corrected chi connectivity index (χ0v) is 19.3. The average molecular weight is 488 g/mol. The molecule has 10 heteroatoms. The lowest BCUT2D eigenvalue weighted by Crippen LogP contribution is -2.54. The Bertz CT molecular complexity index is 1220. The third kappa shape index (κ3) is 3.91. The van der Waals surface area contributed by atoms with Gasteiger partial charge in [0.05, 0.1) is 27.6 Å². The van der Waals surface area contributed by atoms with Crippen LogP contribution in [0, 0.1) is 0 Å². The van der Waals surface area contributed by atoms with E-state index in [0.717, 1.165) is 30.3 Å². The van der Waals surface area contributed by atoms with Crippen LogP contribution in [-0.4, -0.2) is 61.6 Å². The highest BCUT2D eigenvalue weighted by Crippen LogP contribution is 2.36. The van der Waals surface area contributed by atoms with Crippen LogP contribution in [0.25, 0.3) is 16.6 Å². The summed E-state index contributed by atoms with van der Waals surface area (Å²) >= 11 is 12.8. The normalized spacial score (nSPS) is 21.0. The van der Waals surface area contributed by atoms with Gasteiger partial charge in [-0.2, -0.15) is 0 Å². The van der Waals surface area contributed by atoms with Crippen LogP contribution in [-0.2, 0) is 9.59 Å². The number of carbonyl (C=O) groups excluding carboxylic acids is 1. The van der Waals surface area contributed by atoms with Crippen molar-refractivity contribution < 1.29 is 14.7 Å². The second-order valence-corrected chi connectivity index (χ2v) is 9.25. The zero-order chi connectivity index (χ0) is 23.1. The van der Waals surface area contributed by atoms with Crippen molar-refractivity contribution in [2.45, 2.75) is 44.2 Å². The lowest BCUT2D eigenvalue weighted by molar-refractivity contribution is -0.152. The molecular formula is C23H23Cl2N5O3. The zero-order valence-electron chi connectivity index (χ0n) is 17.8. The molecule has 1 N–H and O–H groups in total. The maximum absolute atomic E-state index is 13.5. The number of piperidine rings is 1. The van der Waals surface area contributed by atoms with E-state index in [0.29, 0.717) is 47.3 Å². The van der Waals surface area contributed by atoms with Crippen LogP contribution in [0.5, 0.6) is 0 Å². The SMILES string of the molecule is O=C(O)C1CCCCN1C(=O)[C@@H]1CCCN1c1cc(-n2ccnc2)c2ccc(Cl)c(Cl)c2n1. The second-order valence-electron chi connectivity index (χ2n) is 8.46. The third-order valence-corrected chi connectivity index (χ3v) is 7.32. The number of hydrogen-bond acceptors (Lipinski definition) is 5. The molecule has 5 rings (SSSR count). The van der Waals surface area contributed by atoms with Gasteiger partial charge in [0.1, 0.15) is 17.9 Å². The summed E-state index contributed by atoms with van der Waals surface area (Å²) in [7, 11) is 0. The van der Waals surface area contributed by atoms with Crippen LogP contribution < -0.4 is 4.90 Å². The molecule has 0 aliphatic carbocycles. The quantitative estimate of drug-likeness (QED) is 0.593. The number of rotatable bonds is 4. The number of carboxylic acid groups (broad SMARTS) is 1. The van der Waals surface area contributed by atoms with Gasteiger partial charge in [-0.25, -0.2) is 14.8 Å². The molecule has 0 saturated carbocycles. The standard InChI is InChI=1S/C23H23Cl2N5O3/c24-15-7-6-14-18(28-11-8-26-13-28)12-19(27-21(14)20(15)25)29-10-3-5-16(29)22(31)30-9-2-1-4-17(30)23(32)33/h6-8,11-13,16-17H,1-5,9-10H2,(H,32,33)/t16-,17?/m0/s1. The summed E-state index contributed by atoms with van der Waals surface area (Å²) < 4.78 is 1.87. The molecule has 2 aromatic heterocycles. The fraction of sp³-hybridized carbons (Fsp3) is 0.391. The molecule has 1 amide bonds. The van der Waals surface area contributed by atoms with Gasteiger partial charge in [-0.1, -0.05) is 23.2 Å². The predicted octanol–water partition coefficient (Wildman–Crippen LogP) is 4.16. The Morgan fingerprint density at radius 1 is 1.06 bits per heavy atom. The summed E-state index contributed by atoms with van der Waals surface area (Å²) in [6.07, 6.45) is 8.79. The number of carboxylic acids is 1. The van der Waals surface area contributed by atoms with Gasteiger partial charge in [-0.15, -0.1) is 0 Å². The van der Waals surface area contributed by atoms with Gasteiger partial charge in [0.2, 0.25) is 5.91 Å². The molecule has 0 bridgehead atoms. The van der Waals surface area contributed by atoms with E-state index in [4.69, 9.17) is 28.2 Å². The van der Waals surface area contributed by atoms with E-state index < -0.39 is 18.1 Å². The second kappa shape index (κ2) is 8.83. The number of pyridine rings is 1. The molecule has 2 aliphatic rings. The van der Waals surface area contributed by atoms with Crippen molar-refractivity contribution in [1.29, 1.82) is 0 Å². The first kappa shape index (κ1) is 22.0. The summed E-state index contributed by atoms with van der Waals surface area (Å²) in [6, 6.07) is 4.29. The number of hydrogen-bond donors (Lipinski definition) is 1. The molecule has 2 saturated heterocycles. The molecule has 4 heterocycles. The molecule has 1 unspecified atom stereocenters. The Morgan fingerprint density at radius 3 is 2.64 bits per heavy atom.